The van der Waals surface area contributed by atoms with Gasteiger partial charge in [0.15, 0.2) is 0 Å². The zero-order valence-electron chi connectivity index (χ0n) is 11.8. The molecule has 8 heteroatoms. The van der Waals surface area contributed by atoms with E-state index in [-0.39, 0.29) is 15.1 Å². The van der Waals surface area contributed by atoms with Crippen molar-refractivity contribution in [3.63, 3.8) is 0 Å². The van der Waals surface area contributed by atoms with Crippen molar-refractivity contribution in [3.05, 3.63) is 22.4 Å². The lowest BCUT2D eigenvalue weighted by Crippen LogP contribution is -2.31. The van der Waals surface area contributed by atoms with Gasteiger partial charge in [0.1, 0.15) is 10.7 Å². The Morgan fingerprint density at radius 3 is 2.86 bits per heavy atom. The van der Waals surface area contributed by atoms with Crippen LogP contribution in [0.1, 0.15) is 13.3 Å². The molecule has 0 radical (unpaired) electrons. The zero-order chi connectivity index (χ0) is 15.6. The normalized spacial score (nSPS) is 20.0. The quantitative estimate of drug-likeness (QED) is 0.764. The Balaban J connectivity index is 2.07. The van der Waals surface area contributed by atoms with Crippen LogP contribution >= 0.6 is 15.9 Å². The number of anilines is 1. The van der Waals surface area contributed by atoms with E-state index in [1.54, 1.807) is 0 Å². The molecule has 1 atom stereocenters. The van der Waals surface area contributed by atoms with Crippen LogP contribution in [0.3, 0.4) is 0 Å². The molecule has 0 aromatic heterocycles. The second-order valence-electron chi connectivity index (χ2n) is 5.20. The lowest BCUT2D eigenvalue weighted by atomic mass is 10.1. The molecule has 2 rings (SSSR count). The minimum absolute atomic E-state index is 0.0788. The van der Waals surface area contributed by atoms with E-state index in [0.717, 1.165) is 32.1 Å². The van der Waals surface area contributed by atoms with Gasteiger partial charge in [-0.1, -0.05) is 6.92 Å². The number of benzene rings is 1. The predicted molar refractivity (Wildman–Crippen MR) is 83.9 cm³/mol. The molecule has 0 spiro atoms. The molecular weight excluding hydrogens is 361 g/mol. The Kier molecular flexibility index (Phi) is 5.24. The van der Waals surface area contributed by atoms with E-state index >= 15 is 0 Å². The maximum Gasteiger partial charge on any atom is 0.242 e. The smallest absolute Gasteiger partial charge is 0.242 e. The highest BCUT2D eigenvalue weighted by Gasteiger charge is 2.25. The van der Waals surface area contributed by atoms with E-state index in [2.05, 4.69) is 32.5 Å². The Bertz CT molecular complexity index is 624. The van der Waals surface area contributed by atoms with Crippen molar-refractivity contribution in [3.8, 4) is 0 Å². The van der Waals surface area contributed by atoms with E-state index < -0.39 is 15.8 Å². The molecule has 1 aromatic rings. The average Bonchev–Trinajstić information content (AvgIpc) is 2.88. The van der Waals surface area contributed by atoms with Gasteiger partial charge in [0, 0.05) is 13.1 Å². The van der Waals surface area contributed by atoms with Gasteiger partial charge in [-0.3, -0.25) is 0 Å². The summed E-state index contributed by atoms with van der Waals surface area (Å²) in [4.78, 5) is 2.18. The lowest BCUT2D eigenvalue weighted by molar-refractivity contribution is 0.342. The van der Waals surface area contributed by atoms with Crippen LogP contribution in [0.5, 0.6) is 0 Å². The van der Waals surface area contributed by atoms with Gasteiger partial charge in [-0.15, -0.1) is 0 Å². The molecule has 1 heterocycles. The molecule has 1 aliphatic heterocycles. The molecule has 0 bridgehead atoms. The van der Waals surface area contributed by atoms with Gasteiger partial charge in [0.25, 0.3) is 0 Å². The number of rotatable bonds is 5. The minimum atomic E-state index is -3.73. The zero-order valence-corrected chi connectivity index (χ0v) is 14.2. The molecule has 3 N–H and O–H groups in total. The van der Waals surface area contributed by atoms with Gasteiger partial charge in [-0.05, 0) is 53.5 Å². The van der Waals surface area contributed by atoms with E-state index in [4.69, 9.17) is 5.73 Å². The van der Waals surface area contributed by atoms with Crippen LogP contribution in [0.2, 0.25) is 0 Å². The van der Waals surface area contributed by atoms with Gasteiger partial charge >= 0.3 is 0 Å². The topological polar surface area (TPSA) is 75.4 Å². The first-order chi connectivity index (χ1) is 9.83. The van der Waals surface area contributed by atoms with Crippen LogP contribution < -0.4 is 10.5 Å². The van der Waals surface area contributed by atoms with Crippen molar-refractivity contribution in [1.29, 1.82) is 0 Å². The molecule has 1 unspecified atom stereocenters. The van der Waals surface area contributed by atoms with Crippen molar-refractivity contribution in [2.45, 2.75) is 18.2 Å². The number of nitrogen functional groups attached to an aromatic ring is 1. The summed E-state index contributed by atoms with van der Waals surface area (Å²) in [6.45, 7) is 5.31. The highest BCUT2D eigenvalue weighted by molar-refractivity contribution is 9.10. The van der Waals surface area contributed by atoms with Crippen LogP contribution in [0.25, 0.3) is 0 Å². The number of likely N-dealkylation sites (tertiary alicyclic amines) is 1. The van der Waals surface area contributed by atoms with Gasteiger partial charge in [-0.2, -0.15) is 0 Å². The second-order valence-corrected chi connectivity index (χ2v) is 7.79. The third kappa shape index (κ3) is 3.94. The van der Waals surface area contributed by atoms with Gasteiger partial charge in [0.05, 0.1) is 10.2 Å². The number of hydrogen-bond donors (Lipinski definition) is 2. The van der Waals surface area contributed by atoms with E-state index in [9.17, 15) is 12.8 Å². The molecule has 1 aliphatic rings. The Labute approximate surface area is 132 Å². The SMILES string of the molecule is CCN1CCC(CNS(=O)(=O)c2cc(Br)c(F)cc2N)C1. The van der Waals surface area contributed by atoms with Crippen molar-refractivity contribution in [2.75, 3.05) is 31.9 Å². The number of nitrogens with two attached hydrogens (primary N) is 1. The van der Waals surface area contributed by atoms with Crippen LogP contribution in [0, 0.1) is 11.7 Å². The standard InChI is InChI=1S/C13H19BrFN3O2S/c1-2-18-4-3-9(8-18)7-17-21(19,20)13-5-10(14)11(15)6-12(13)16/h5-6,9,17H,2-4,7-8,16H2,1H3. The first-order valence-corrected chi connectivity index (χ1v) is 9.07. The molecule has 1 aromatic carbocycles. The van der Waals surface area contributed by atoms with E-state index in [1.165, 1.54) is 6.07 Å². The fourth-order valence-corrected chi connectivity index (χ4v) is 4.20. The van der Waals surface area contributed by atoms with E-state index in [1.807, 2.05) is 0 Å². The average molecular weight is 380 g/mol. The summed E-state index contributed by atoms with van der Waals surface area (Å²) in [5, 5.41) is 0. The highest BCUT2D eigenvalue weighted by atomic mass is 79.9. The van der Waals surface area contributed by atoms with Crippen LogP contribution in [-0.4, -0.2) is 39.5 Å². The van der Waals surface area contributed by atoms with Gasteiger partial charge < -0.3 is 10.6 Å². The third-order valence-corrected chi connectivity index (χ3v) is 5.81. The molecule has 1 saturated heterocycles. The number of nitrogens with one attached hydrogen (secondary N) is 1. The maximum atomic E-state index is 13.3. The first-order valence-electron chi connectivity index (χ1n) is 6.80. The predicted octanol–water partition coefficient (Wildman–Crippen LogP) is 1.79. The fraction of sp³-hybridized carbons (Fsp3) is 0.538. The van der Waals surface area contributed by atoms with Gasteiger partial charge in [-0.25, -0.2) is 17.5 Å². The van der Waals surface area contributed by atoms with Gasteiger partial charge in [0.2, 0.25) is 10.0 Å². The largest absolute Gasteiger partial charge is 0.398 e. The summed E-state index contributed by atoms with van der Waals surface area (Å²) in [7, 11) is -3.73. The van der Waals surface area contributed by atoms with Crippen molar-refractivity contribution < 1.29 is 12.8 Å². The Morgan fingerprint density at radius 1 is 1.52 bits per heavy atom. The summed E-state index contributed by atoms with van der Waals surface area (Å²) < 4.78 is 40.5. The molecular formula is C13H19BrFN3O2S. The van der Waals surface area contributed by atoms with Crippen LogP contribution in [0.4, 0.5) is 10.1 Å². The maximum absolute atomic E-state index is 13.3. The summed E-state index contributed by atoms with van der Waals surface area (Å²) in [5.41, 5.74) is 5.52. The Morgan fingerprint density at radius 2 is 2.24 bits per heavy atom. The first kappa shape index (κ1) is 16.7. The number of halogens is 2. The Hall–Kier alpha value is -0.700. The molecule has 1 fully saturated rings. The fourth-order valence-electron chi connectivity index (χ4n) is 2.45. The molecule has 5 nitrogen and oxygen atoms in total. The van der Waals surface area contributed by atoms with Crippen molar-refractivity contribution in [2.24, 2.45) is 5.92 Å². The molecule has 21 heavy (non-hydrogen) atoms. The summed E-state index contributed by atoms with van der Waals surface area (Å²) in [5.74, 6) is -0.286. The number of hydrogen-bond acceptors (Lipinski definition) is 4. The van der Waals surface area contributed by atoms with Crippen LogP contribution in [0.15, 0.2) is 21.5 Å². The monoisotopic (exact) mass is 379 g/mol. The van der Waals surface area contributed by atoms with E-state index in [0.29, 0.717) is 12.5 Å². The number of nitrogens with zero attached hydrogens (tertiary/aromatic N) is 1. The van der Waals surface area contributed by atoms with Crippen molar-refractivity contribution >= 4 is 31.6 Å². The minimum Gasteiger partial charge on any atom is -0.398 e. The van der Waals surface area contributed by atoms with Crippen molar-refractivity contribution in [1.82, 2.24) is 9.62 Å². The summed E-state index contributed by atoms with van der Waals surface area (Å²) in [6.07, 6.45) is 0.971. The molecule has 0 amide bonds. The molecule has 118 valence electrons. The molecule has 0 aliphatic carbocycles. The highest BCUT2D eigenvalue weighted by Crippen LogP contribution is 2.26. The second kappa shape index (κ2) is 6.60. The van der Waals surface area contributed by atoms with Crippen LogP contribution in [-0.2, 0) is 10.0 Å². The summed E-state index contributed by atoms with van der Waals surface area (Å²) in [6, 6.07) is 2.20. The molecule has 0 saturated carbocycles. The summed E-state index contributed by atoms with van der Waals surface area (Å²) >= 11 is 2.98. The number of sulfonamides is 1. The lowest BCUT2D eigenvalue weighted by Gasteiger charge is -2.15. The third-order valence-electron chi connectivity index (χ3n) is 3.72.